The molecule has 1 saturated heterocycles. The van der Waals surface area contributed by atoms with Gasteiger partial charge in [0.15, 0.2) is 0 Å². The van der Waals surface area contributed by atoms with Crippen LogP contribution in [0.4, 0.5) is 0 Å². The molecule has 2 atom stereocenters. The van der Waals surface area contributed by atoms with Gasteiger partial charge in [0.25, 0.3) is 0 Å². The molecular weight excluding hydrogens is 210 g/mol. The maximum Gasteiger partial charge on any atom is 0.0619 e. The van der Waals surface area contributed by atoms with Crippen LogP contribution < -0.4 is 5.32 Å². The fourth-order valence-corrected chi connectivity index (χ4v) is 2.36. The molecular formula is C15H23NO. The first-order valence-corrected chi connectivity index (χ1v) is 6.72. The second-order valence-corrected chi connectivity index (χ2v) is 4.90. The molecule has 0 aliphatic carbocycles. The third kappa shape index (κ3) is 3.55. The third-order valence-electron chi connectivity index (χ3n) is 3.53. The number of hydrogen-bond acceptors (Lipinski definition) is 2. The minimum absolute atomic E-state index is 0.410. The molecule has 2 nitrogen and oxygen atoms in total. The first kappa shape index (κ1) is 12.6. The SMILES string of the molecule is CCc1ccc([C@@H](C)N[C@@H]2CCCOC2)cc1. The summed E-state index contributed by atoms with van der Waals surface area (Å²) < 4.78 is 5.49. The highest BCUT2D eigenvalue weighted by atomic mass is 16.5. The Morgan fingerprint density at radius 1 is 1.35 bits per heavy atom. The largest absolute Gasteiger partial charge is 0.380 e. The van der Waals surface area contributed by atoms with Gasteiger partial charge in [0.2, 0.25) is 0 Å². The molecule has 0 amide bonds. The molecule has 94 valence electrons. The van der Waals surface area contributed by atoms with Crippen molar-refractivity contribution in [2.45, 2.75) is 45.2 Å². The number of ether oxygens (including phenoxy) is 1. The molecule has 1 N–H and O–H groups in total. The van der Waals surface area contributed by atoms with Crippen molar-refractivity contribution in [3.63, 3.8) is 0 Å². The van der Waals surface area contributed by atoms with E-state index in [-0.39, 0.29) is 0 Å². The Hall–Kier alpha value is -0.860. The van der Waals surface area contributed by atoms with Gasteiger partial charge in [-0.25, -0.2) is 0 Å². The minimum atomic E-state index is 0.410. The van der Waals surface area contributed by atoms with Crippen LogP contribution in [-0.2, 0) is 11.2 Å². The highest BCUT2D eigenvalue weighted by molar-refractivity contribution is 5.24. The summed E-state index contributed by atoms with van der Waals surface area (Å²) >= 11 is 0. The van der Waals surface area contributed by atoms with Crippen molar-refractivity contribution in [1.29, 1.82) is 0 Å². The molecule has 0 bridgehead atoms. The lowest BCUT2D eigenvalue weighted by Crippen LogP contribution is -2.38. The van der Waals surface area contributed by atoms with E-state index in [4.69, 9.17) is 4.74 Å². The van der Waals surface area contributed by atoms with Gasteiger partial charge >= 0.3 is 0 Å². The molecule has 0 spiro atoms. The predicted molar refractivity (Wildman–Crippen MR) is 71.2 cm³/mol. The number of nitrogens with one attached hydrogen (secondary N) is 1. The molecule has 1 heterocycles. The number of hydrogen-bond donors (Lipinski definition) is 1. The second-order valence-electron chi connectivity index (χ2n) is 4.90. The van der Waals surface area contributed by atoms with Gasteiger partial charge in [-0.15, -0.1) is 0 Å². The topological polar surface area (TPSA) is 21.3 Å². The van der Waals surface area contributed by atoms with Crippen molar-refractivity contribution in [2.24, 2.45) is 0 Å². The molecule has 0 unspecified atom stereocenters. The van der Waals surface area contributed by atoms with Crippen LogP contribution in [0.2, 0.25) is 0 Å². The van der Waals surface area contributed by atoms with E-state index in [1.807, 2.05) is 0 Å². The number of aryl methyl sites for hydroxylation is 1. The molecule has 0 radical (unpaired) electrons. The van der Waals surface area contributed by atoms with E-state index < -0.39 is 0 Å². The van der Waals surface area contributed by atoms with Gasteiger partial charge in [0.05, 0.1) is 6.61 Å². The molecule has 2 heteroatoms. The molecule has 0 aromatic heterocycles. The van der Waals surface area contributed by atoms with Gasteiger partial charge in [0.1, 0.15) is 0 Å². The van der Waals surface area contributed by atoms with Crippen LogP contribution in [-0.4, -0.2) is 19.3 Å². The molecule has 1 aromatic carbocycles. The summed E-state index contributed by atoms with van der Waals surface area (Å²) in [7, 11) is 0. The normalized spacial score (nSPS) is 22.4. The van der Waals surface area contributed by atoms with Gasteiger partial charge in [-0.3, -0.25) is 0 Å². The van der Waals surface area contributed by atoms with E-state index in [0.717, 1.165) is 19.6 Å². The molecule has 1 fully saturated rings. The van der Waals surface area contributed by atoms with Crippen molar-refractivity contribution >= 4 is 0 Å². The van der Waals surface area contributed by atoms with Crippen molar-refractivity contribution in [1.82, 2.24) is 5.32 Å². The van der Waals surface area contributed by atoms with Crippen LogP contribution in [0.15, 0.2) is 24.3 Å². The van der Waals surface area contributed by atoms with Crippen molar-refractivity contribution in [2.75, 3.05) is 13.2 Å². The molecule has 2 rings (SSSR count). The number of benzene rings is 1. The molecule has 17 heavy (non-hydrogen) atoms. The van der Waals surface area contributed by atoms with E-state index >= 15 is 0 Å². The Morgan fingerprint density at radius 2 is 2.12 bits per heavy atom. The Bertz CT molecular complexity index is 327. The van der Waals surface area contributed by atoms with E-state index in [0.29, 0.717) is 12.1 Å². The summed E-state index contributed by atoms with van der Waals surface area (Å²) in [5, 5.41) is 3.65. The van der Waals surface area contributed by atoms with Gasteiger partial charge in [-0.1, -0.05) is 31.2 Å². The van der Waals surface area contributed by atoms with Crippen molar-refractivity contribution in [3.8, 4) is 0 Å². The van der Waals surface area contributed by atoms with Gasteiger partial charge < -0.3 is 10.1 Å². The highest BCUT2D eigenvalue weighted by Crippen LogP contribution is 2.16. The highest BCUT2D eigenvalue weighted by Gasteiger charge is 2.16. The summed E-state index contributed by atoms with van der Waals surface area (Å²) in [5.74, 6) is 0. The minimum Gasteiger partial charge on any atom is -0.380 e. The maximum absolute atomic E-state index is 5.49. The summed E-state index contributed by atoms with van der Waals surface area (Å²) in [4.78, 5) is 0. The molecule has 1 aromatic rings. The summed E-state index contributed by atoms with van der Waals surface area (Å²) in [5.41, 5.74) is 2.77. The van der Waals surface area contributed by atoms with Crippen molar-refractivity contribution < 1.29 is 4.74 Å². The fourth-order valence-electron chi connectivity index (χ4n) is 2.36. The summed E-state index contributed by atoms with van der Waals surface area (Å²) in [6.45, 7) is 6.21. The zero-order valence-electron chi connectivity index (χ0n) is 10.9. The van der Waals surface area contributed by atoms with Crippen LogP contribution in [0.5, 0.6) is 0 Å². The Kier molecular flexibility index (Phi) is 4.57. The molecule has 0 saturated carbocycles. The lowest BCUT2D eigenvalue weighted by Gasteiger charge is -2.27. The summed E-state index contributed by atoms with van der Waals surface area (Å²) in [6.07, 6.45) is 3.52. The Morgan fingerprint density at radius 3 is 2.71 bits per heavy atom. The Labute approximate surface area is 104 Å². The average Bonchev–Trinajstić information content (AvgIpc) is 2.40. The predicted octanol–water partition coefficient (Wildman–Crippen LogP) is 3.08. The monoisotopic (exact) mass is 233 g/mol. The third-order valence-corrected chi connectivity index (χ3v) is 3.53. The van der Waals surface area contributed by atoms with Gasteiger partial charge in [0, 0.05) is 18.7 Å². The first-order valence-electron chi connectivity index (χ1n) is 6.72. The first-order chi connectivity index (χ1) is 8.29. The van der Waals surface area contributed by atoms with Gasteiger partial charge in [-0.2, -0.15) is 0 Å². The maximum atomic E-state index is 5.49. The van der Waals surface area contributed by atoms with Gasteiger partial charge in [-0.05, 0) is 37.3 Å². The standard InChI is InChI=1S/C15H23NO/c1-3-13-6-8-14(9-7-13)12(2)16-15-5-4-10-17-11-15/h6-9,12,15-16H,3-5,10-11H2,1-2H3/t12-,15-/m1/s1. The Balaban J connectivity index is 1.91. The van der Waals surface area contributed by atoms with E-state index in [2.05, 4.69) is 43.4 Å². The molecule has 1 aliphatic heterocycles. The lowest BCUT2D eigenvalue weighted by atomic mass is 10.0. The van der Waals surface area contributed by atoms with Crippen molar-refractivity contribution in [3.05, 3.63) is 35.4 Å². The van der Waals surface area contributed by atoms with Crippen LogP contribution in [0.1, 0.15) is 43.9 Å². The number of rotatable bonds is 4. The smallest absolute Gasteiger partial charge is 0.0619 e. The summed E-state index contributed by atoms with van der Waals surface area (Å²) in [6, 6.07) is 9.85. The van der Waals surface area contributed by atoms with Crippen LogP contribution >= 0.6 is 0 Å². The van der Waals surface area contributed by atoms with Crippen LogP contribution in [0.25, 0.3) is 0 Å². The van der Waals surface area contributed by atoms with E-state index in [1.165, 1.54) is 24.0 Å². The van der Waals surface area contributed by atoms with Crippen LogP contribution in [0.3, 0.4) is 0 Å². The van der Waals surface area contributed by atoms with Crippen LogP contribution in [0, 0.1) is 0 Å². The zero-order chi connectivity index (χ0) is 12.1. The quantitative estimate of drug-likeness (QED) is 0.863. The second kappa shape index (κ2) is 6.18. The zero-order valence-corrected chi connectivity index (χ0v) is 10.9. The molecule has 1 aliphatic rings. The van der Waals surface area contributed by atoms with E-state index in [1.54, 1.807) is 0 Å². The average molecular weight is 233 g/mol. The lowest BCUT2D eigenvalue weighted by molar-refractivity contribution is 0.0671. The fraction of sp³-hybridized carbons (Fsp3) is 0.600. The van der Waals surface area contributed by atoms with E-state index in [9.17, 15) is 0 Å².